The highest BCUT2D eigenvalue weighted by Gasteiger charge is 2.51. The fraction of sp³-hybridized carbons (Fsp3) is 0.500. The summed E-state index contributed by atoms with van der Waals surface area (Å²) in [4.78, 5) is 11.6. The number of ether oxygens (including phenoxy) is 1. The summed E-state index contributed by atoms with van der Waals surface area (Å²) in [5.74, 6) is -3.14. The van der Waals surface area contributed by atoms with Crippen LogP contribution in [0.5, 0.6) is 0 Å². The number of likely N-dealkylation sites (tertiary alicyclic amines) is 1. The van der Waals surface area contributed by atoms with Gasteiger partial charge in [0.15, 0.2) is 0 Å². The van der Waals surface area contributed by atoms with Crippen molar-refractivity contribution in [2.75, 3.05) is 19.7 Å². The third-order valence-corrected chi connectivity index (χ3v) is 7.88. The Labute approximate surface area is 205 Å². The van der Waals surface area contributed by atoms with Crippen LogP contribution >= 0.6 is 22.9 Å². The van der Waals surface area contributed by atoms with E-state index >= 15 is 0 Å². The predicted octanol–water partition coefficient (Wildman–Crippen LogP) is 6.21. The number of aryl methyl sites for hydroxylation is 1. The molecule has 5 nitrogen and oxygen atoms in total. The highest BCUT2D eigenvalue weighted by Crippen LogP contribution is 2.52. The first kappa shape index (κ1) is 25.2. The Kier molecular flexibility index (Phi) is 7.38. The van der Waals surface area contributed by atoms with Crippen molar-refractivity contribution in [2.45, 2.75) is 57.6 Å². The number of thiophene rings is 1. The number of rotatable bonds is 3. The zero-order valence-corrected chi connectivity index (χ0v) is 20.7. The highest BCUT2D eigenvalue weighted by atomic mass is 35.5. The first-order valence-corrected chi connectivity index (χ1v) is 12.4. The SMILES string of the molecule is CC=O.Cc1nn(C2=C(F)CCC=C2)cc1CN1CCC2(CC1)OCC(F)(F)c1cc(Cl)sc12. The summed E-state index contributed by atoms with van der Waals surface area (Å²) in [6.07, 6.45) is 8.74. The molecule has 1 saturated heterocycles. The van der Waals surface area contributed by atoms with Gasteiger partial charge in [-0.3, -0.25) is 4.90 Å². The molecule has 4 heterocycles. The van der Waals surface area contributed by atoms with Crippen molar-refractivity contribution in [3.63, 3.8) is 0 Å². The number of hydrogen-bond donors (Lipinski definition) is 0. The maximum Gasteiger partial charge on any atom is 0.297 e. The molecular weight excluding hydrogens is 487 g/mol. The van der Waals surface area contributed by atoms with E-state index < -0.39 is 18.1 Å². The molecular formula is C24H27ClF3N3O2S. The van der Waals surface area contributed by atoms with E-state index in [1.54, 1.807) is 10.8 Å². The quantitative estimate of drug-likeness (QED) is 0.458. The molecule has 34 heavy (non-hydrogen) atoms. The second-order valence-corrected chi connectivity index (χ2v) is 10.4. The lowest BCUT2D eigenvalue weighted by Crippen LogP contribution is -2.48. The van der Waals surface area contributed by atoms with Crippen LogP contribution in [0.1, 0.15) is 54.3 Å². The molecule has 0 aromatic carbocycles. The Morgan fingerprint density at radius 3 is 2.71 bits per heavy atom. The Bertz CT molecular complexity index is 1120. The minimum Gasteiger partial charge on any atom is -0.363 e. The van der Waals surface area contributed by atoms with Crippen molar-refractivity contribution in [3.05, 3.63) is 56.3 Å². The van der Waals surface area contributed by atoms with E-state index in [-0.39, 0.29) is 11.4 Å². The number of alkyl halides is 2. The second-order valence-electron chi connectivity index (χ2n) is 8.71. The van der Waals surface area contributed by atoms with Gasteiger partial charge in [0.2, 0.25) is 0 Å². The average Bonchev–Trinajstić information content (AvgIpc) is 3.38. The van der Waals surface area contributed by atoms with Crippen LogP contribution in [0.2, 0.25) is 4.34 Å². The lowest BCUT2D eigenvalue weighted by atomic mass is 9.84. The van der Waals surface area contributed by atoms with Crippen molar-refractivity contribution < 1.29 is 22.7 Å². The van der Waals surface area contributed by atoms with Gasteiger partial charge in [0, 0.05) is 48.3 Å². The summed E-state index contributed by atoms with van der Waals surface area (Å²) in [6, 6.07) is 1.39. The van der Waals surface area contributed by atoms with Crippen molar-refractivity contribution >= 4 is 34.9 Å². The van der Waals surface area contributed by atoms with Crippen LogP contribution in [0.15, 0.2) is 30.2 Å². The van der Waals surface area contributed by atoms with E-state index in [9.17, 15) is 13.2 Å². The Hall–Kier alpha value is -1.94. The standard InChI is InChI=1S/C22H23ClF3N3OS.C2H4O/c1-14-15(12-29(27-14)18-5-3-2-4-17(18)24)11-28-8-6-21(7-9-28)20-16(10-19(23)31-20)22(25,26)13-30-21;1-2-3/h3,5,10,12H,2,4,6-9,11,13H2,1H3;2H,1H3. The van der Waals surface area contributed by atoms with Crippen LogP contribution < -0.4 is 0 Å². The zero-order chi connectivity index (χ0) is 24.5. The molecule has 0 radical (unpaired) electrons. The van der Waals surface area contributed by atoms with Crippen LogP contribution in [0, 0.1) is 6.92 Å². The molecule has 2 aromatic heterocycles. The van der Waals surface area contributed by atoms with Crippen LogP contribution in [0.25, 0.3) is 5.70 Å². The number of allylic oxidation sites excluding steroid dienone is 4. The predicted molar refractivity (Wildman–Crippen MR) is 127 cm³/mol. The number of piperidine rings is 1. The minimum absolute atomic E-state index is 0.0233. The summed E-state index contributed by atoms with van der Waals surface area (Å²) in [5.41, 5.74) is 1.73. The van der Waals surface area contributed by atoms with Gasteiger partial charge in [0.25, 0.3) is 5.92 Å². The summed E-state index contributed by atoms with van der Waals surface area (Å²) in [7, 11) is 0. The number of carbonyl (C=O) groups excluding carboxylic acids is 1. The van der Waals surface area contributed by atoms with Crippen LogP contribution in [0.3, 0.4) is 0 Å². The monoisotopic (exact) mass is 513 g/mol. The number of hydrogen-bond acceptors (Lipinski definition) is 5. The molecule has 1 fully saturated rings. The lowest BCUT2D eigenvalue weighted by molar-refractivity contribution is -0.182. The van der Waals surface area contributed by atoms with Gasteiger partial charge in [-0.2, -0.15) is 13.9 Å². The molecule has 2 aliphatic heterocycles. The van der Waals surface area contributed by atoms with Gasteiger partial charge in [-0.05, 0) is 45.3 Å². The van der Waals surface area contributed by atoms with Gasteiger partial charge in [-0.1, -0.05) is 17.7 Å². The fourth-order valence-corrected chi connectivity index (χ4v) is 6.11. The summed E-state index contributed by atoms with van der Waals surface area (Å²) >= 11 is 7.29. The molecule has 5 rings (SSSR count). The molecule has 1 aliphatic carbocycles. The van der Waals surface area contributed by atoms with Crippen molar-refractivity contribution in [1.29, 1.82) is 0 Å². The number of fused-ring (bicyclic) bond motifs is 2. The van der Waals surface area contributed by atoms with E-state index in [1.165, 1.54) is 24.3 Å². The lowest BCUT2D eigenvalue weighted by Gasteiger charge is -2.45. The van der Waals surface area contributed by atoms with E-state index in [4.69, 9.17) is 21.1 Å². The largest absolute Gasteiger partial charge is 0.363 e. The van der Waals surface area contributed by atoms with Gasteiger partial charge in [-0.25, -0.2) is 9.07 Å². The van der Waals surface area contributed by atoms with Crippen molar-refractivity contribution in [2.24, 2.45) is 0 Å². The molecule has 0 unspecified atom stereocenters. The van der Waals surface area contributed by atoms with E-state index in [1.807, 2.05) is 19.2 Å². The smallest absolute Gasteiger partial charge is 0.297 e. The number of carbonyl (C=O) groups is 1. The van der Waals surface area contributed by atoms with Gasteiger partial charge in [0.05, 0.1) is 15.7 Å². The maximum atomic E-state index is 14.3. The first-order chi connectivity index (χ1) is 16.2. The molecule has 2 aromatic rings. The van der Waals surface area contributed by atoms with Gasteiger partial charge in [-0.15, -0.1) is 11.3 Å². The Balaban J connectivity index is 0.000000868. The van der Waals surface area contributed by atoms with Crippen molar-refractivity contribution in [3.8, 4) is 0 Å². The van der Waals surface area contributed by atoms with Gasteiger partial charge >= 0.3 is 0 Å². The molecule has 184 valence electrons. The molecule has 1 spiro atoms. The van der Waals surface area contributed by atoms with Crippen LogP contribution in [-0.4, -0.2) is 40.7 Å². The molecule has 0 atom stereocenters. The molecule has 3 aliphatic rings. The summed E-state index contributed by atoms with van der Waals surface area (Å²) in [5, 5.41) is 4.50. The first-order valence-electron chi connectivity index (χ1n) is 11.2. The number of aldehydes is 1. The Morgan fingerprint density at radius 2 is 2.03 bits per heavy atom. The second kappa shape index (κ2) is 9.97. The maximum absolute atomic E-state index is 14.3. The topological polar surface area (TPSA) is 47.4 Å². The highest BCUT2D eigenvalue weighted by molar-refractivity contribution is 7.16. The van der Waals surface area contributed by atoms with Crippen LogP contribution in [0.4, 0.5) is 13.2 Å². The van der Waals surface area contributed by atoms with Gasteiger partial charge < -0.3 is 9.53 Å². The van der Waals surface area contributed by atoms with Crippen LogP contribution in [-0.2, 0) is 27.6 Å². The third-order valence-electron chi connectivity index (χ3n) is 6.43. The van der Waals surface area contributed by atoms with E-state index in [0.29, 0.717) is 60.2 Å². The summed E-state index contributed by atoms with van der Waals surface area (Å²) < 4.78 is 50.6. The number of halogens is 4. The number of nitrogens with zero attached hydrogens (tertiary/aromatic N) is 3. The normalized spacial score (nSPS) is 21.2. The molecule has 0 amide bonds. The molecule has 0 bridgehead atoms. The third kappa shape index (κ3) is 4.89. The molecule has 10 heteroatoms. The fourth-order valence-electron chi connectivity index (χ4n) is 4.63. The minimum atomic E-state index is -3.00. The van der Waals surface area contributed by atoms with E-state index in [2.05, 4.69) is 10.00 Å². The molecule has 0 saturated carbocycles. The van der Waals surface area contributed by atoms with E-state index in [0.717, 1.165) is 17.5 Å². The molecule has 0 N–H and O–H groups in total. The average molecular weight is 514 g/mol. The Morgan fingerprint density at radius 1 is 1.32 bits per heavy atom. The van der Waals surface area contributed by atoms with Gasteiger partial charge in [0.1, 0.15) is 24.3 Å². The zero-order valence-electron chi connectivity index (χ0n) is 19.1. The summed E-state index contributed by atoms with van der Waals surface area (Å²) in [6.45, 7) is 4.86. The number of aromatic nitrogens is 2. The van der Waals surface area contributed by atoms with Crippen molar-refractivity contribution in [1.82, 2.24) is 14.7 Å².